The highest BCUT2D eigenvalue weighted by Crippen LogP contribution is 2.45. The Balaban J connectivity index is 1.41. The van der Waals surface area contributed by atoms with Crippen molar-refractivity contribution < 1.29 is 19.1 Å². The zero-order chi connectivity index (χ0) is 25.7. The molecular weight excluding hydrogens is 428 g/mol. The van der Waals surface area contributed by atoms with Crippen LogP contribution in [0.2, 0.25) is 0 Å². The molecule has 0 spiro atoms. The Bertz CT molecular complexity index is 700. The SMILES string of the molecule is CN1C(C)(C)CC(C(=O)OCC2CCC(COC(=O)C3CC(C)(C)N(C)C3(C)C)CC2)C1(C)C. The summed E-state index contributed by atoms with van der Waals surface area (Å²) in [5.74, 6) is 0.541. The molecule has 2 atom stereocenters. The summed E-state index contributed by atoms with van der Waals surface area (Å²) in [4.78, 5) is 30.5. The van der Waals surface area contributed by atoms with E-state index in [1.54, 1.807) is 0 Å². The summed E-state index contributed by atoms with van der Waals surface area (Å²) in [6.45, 7) is 18.4. The Labute approximate surface area is 208 Å². The average Bonchev–Trinajstić information content (AvgIpc) is 3.03. The molecule has 1 saturated carbocycles. The molecule has 2 unspecified atom stereocenters. The van der Waals surface area contributed by atoms with E-state index in [2.05, 4.69) is 79.3 Å². The van der Waals surface area contributed by atoms with Crippen LogP contribution in [0.15, 0.2) is 0 Å². The van der Waals surface area contributed by atoms with Gasteiger partial charge >= 0.3 is 11.9 Å². The van der Waals surface area contributed by atoms with Crippen LogP contribution in [0.4, 0.5) is 0 Å². The van der Waals surface area contributed by atoms with Gasteiger partial charge < -0.3 is 9.47 Å². The largest absolute Gasteiger partial charge is 0.465 e. The molecule has 0 amide bonds. The van der Waals surface area contributed by atoms with Crippen LogP contribution >= 0.6 is 0 Å². The number of hydrogen-bond acceptors (Lipinski definition) is 6. The standard InChI is InChI=1S/C28H50N2O4/c1-25(2)15-21(27(5,6)29(25)9)23(31)33-17-19-11-13-20(14-12-19)18-34-24(32)22-16-26(3,4)30(10)28(22,7)8/h19-22H,11-18H2,1-10H3. The summed E-state index contributed by atoms with van der Waals surface area (Å²) in [6.07, 6.45) is 5.77. The number of carbonyl (C=O) groups is 2. The van der Waals surface area contributed by atoms with E-state index in [4.69, 9.17) is 9.47 Å². The number of esters is 2. The zero-order valence-corrected chi connectivity index (χ0v) is 23.5. The molecule has 34 heavy (non-hydrogen) atoms. The summed E-state index contributed by atoms with van der Waals surface area (Å²) in [7, 11) is 4.21. The van der Waals surface area contributed by atoms with E-state index < -0.39 is 0 Å². The molecular formula is C28H50N2O4. The number of likely N-dealkylation sites (tertiary alicyclic amines) is 2. The number of nitrogens with zero attached hydrogens (tertiary/aromatic N) is 2. The molecule has 6 heteroatoms. The van der Waals surface area contributed by atoms with Gasteiger partial charge in [0.1, 0.15) is 0 Å². The van der Waals surface area contributed by atoms with Gasteiger partial charge in [-0.1, -0.05) is 0 Å². The Hall–Kier alpha value is -1.14. The molecule has 0 aromatic carbocycles. The second-order valence-corrected chi connectivity index (χ2v) is 13.7. The highest BCUT2D eigenvalue weighted by Gasteiger charge is 2.54. The quantitative estimate of drug-likeness (QED) is 0.506. The zero-order valence-electron chi connectivity index (χ0n) is 23.5. The second-order valence-electron chi connectivity index (χ2n) is 13.7. The van der Waals surface area contributed by atoms with Crippen LogP contribution in [0.1, 0.15) is 93.9 Å². The van der Waals surface area contributed by atoms with Gasteiger partial charge in [0.25, 0.3) is 0 Å². The summed E-state index contributed by atoms with van der Waals surface area (Å²) in [5, 5.41) is 0. The first-order valence-corrected chi connectivity index (χ1v) is 13.3. The first-order chi connectivity index (χ1) is 15.5. The summed E-state index contributed by atoms with van der Waals surface area (Å²) in [6, 6.07) is 0. The number of ether oxygens (including phenoxy) is 2. The smallest absolute Gasteiger partial charge is 0.310 e. The highest BCUT2D eigenvalue weighted by atomic mass is 16.5. The molecule has 3 rings (SSSR count). The van der Waals surface area contributed by atoms with E-state index in [1.165, 1.54) is 0 Å². The van der Waals surface area contributed by atoms with Crippen LogP contribution in [-0.4, -0.2) is 71.2 Å². The van der Waals surface area contributed by atoms with Crippen molar-refractivity contribution in [3.8, 4) is 0 Å². The van der Waals surface area contributed by atoms with Gasteiger partial charge in [-0.3, -0.25) is 19.4 Å². The van der Waals surface area contributed by atoms with Crippen LogP contribution < -0.4 is 0 Å². The summed E-state index contributed by atoms with van der Waals surface area (Å²) < 4.78 is 11.7. The summed E-state index contributed by atoms with van der Waals surface area (Å²) >= 11 is 0. The van der Waals surface area contributed by atoms with E-state index in [0.717, 1.165) is 38.5 Å². The molecule has 2 aliphatic heterocycles. The van der Waals surface area contributed by atoms with E-state index in [0.29, 0.717) is 25.0 Å². The Morgan fingerprint density at radius 3 is 1.18 bits per heavy atom. The molecule has 0 bridgehead atoms. The topological polar surface area (TPSA) is 59.1 Å². The van der Waals surface area contributed by atoms with Crippen molar-refractivity contribution >= 4 is 11.9 Å². The van der Waals surface area contributed by atoms with Gasteiger partial charge in [0.05, 0.1) is 25.0 Å². The van der Waals surface area contributed by atoms with Gasteiger partial charge in [-0.15, -0.1) is 0 Å². The minimum absolute atomic E-state index is 0.00155. The van der Waals surface area contributed by atoms with Crippen molar-refractivity contribution in [2.75, 3.05) is 27.3 Å². The normalized spacial score (nSPS) is 34.6. The third-order valence-corrected chi connectivity index (χ3v) is 10.1. The van der Waals surface area contributed by atoms with Crippen molar-refractivity contribution in [1.82, 2.24) is 9.80 Å². The van der Waals surface area contributed by atoms with Crippen LogP contribution in [0.3, 0.4) is 0 Å². The number of hydrogen-bond donors (Lipinski definition) is 0. The molecule has 3 fully saturated rings. The molecule has 0 N–H and O–H groups in total. The van der Waals surface area contributed by atoms with Gasteiger partial charge in [0.15, 0.2) is 0 Å². The number of carbonyl (C=O) groups excluding carboxylic acids is 2. The minimum Gasteiger partial charge on any atom is -0.465 e. The molecule has 0 radical (unpaired) electrons. The van der Waals surface area contributed by atoms with Gasteiger partial charge in [0.2, 0.25) is 0 Å². The molecule has 1 aliphatic carbocycles. The third-order valence-electron chi connectivity index (χ3n) is 10.1. The maximum absolute atomic E-state index is 12.9. The lowest BCUT2D eigenvalue weighted by molar-refractivity contribution is -0.155. The third kappa shape index (κ3) is 5.18. The predicted octanol–water partition coefficient (Wildman–Crippen LogP) is 4.90. The van der Waals surface area contributed by atoms with Crippen LogP contribution in [0, 0.1) is 23.7 Å². The Kier molecular flexibility index (Phi) is 7.58. The average molecular weight is 479 g/mol. The maximum atomic E-state index is 12.9. The van der Waals surface area contributed by atoms with E-state index in [1.807, 2.05) is 0 Å². The monoisotopic (exact) mass is 478 g/mol. The Morgan fingerprint density at radius 1 is 0.647 bits per heavy atom. The van der Waals surface area contributed by atoms with E-state index in [-0.39, 0.29) is 45.9 Å². The number of rotatable bonds is 6. The molecule has 3 aliphatic rings. The first-order valence-electron chi connectivity index (χ1n) is 13.3. The predicted molar refractivity (Wildman–Crippen MR) is 135 cm³/mol. The lowest BCUT2D eigenvalue weighted by atomic mass is 9.82. The lowest BCUT2D eigenvalue weighted by Gasteiger charge is -2.38. The van der Waals surface area contributed by atoms with Crippen molar-refractivity contribution in [3.05, 3.63) is 0 Å². The second kappa shape index (κ2) is 9.38. The summed E-state index contributed by atoms with van der Waals surface area (Å²) in [5.41, 5.74) is -0.386. The van der Waals surface area contributed by atoms with Crippen LogP contribution in [-0.2, 0) is 19.1 Å². The lowest BCUT2D eigenvalue weighted by Crippen LogP contribution is -2.48. The molecule has 0 aromatic rings. The molecule has 2 heterocycles. The maximum Gasteiger partial charge on any atom is 0.310 e. The van der Waals surface area contributed by atoms with Crippen LogP contribution in [0.25, 0.3) is 0 Å². The minimum atomic E-state index is -0.194. The Morgan fingerprint density at radius 2 is 0.941 bits per heavy atom. The molecule has 6 nitrogen and oxygen atoms in total. The molecule has 2 saturated heterocycles. The van der Waals surface area contributed by atoms with E-state index in [9.17, 15) is 9.59 Å². The van der Waals surface area contributed by atoms with Crippen molar-refractivity contribution in [3.63, 3.8) is 0 Å². The van der Waals surface area contributed by atoms with Gasteiger partial charge in [-0.2, -0.15) is 0 Å². The van der Waals surface area contributed by atoms with Crippen LogP contribution in [0.5, 0.6) is 0 Å². The fourth-order valence-electron chi connectivity index (χ4n) is 6.71. The van der Waals surface area contributed by atoms with Crippen molar-refractivity contribution in [1.29, 1.82) is 0 Å². The first kappa shape index (κ1) is 27.4. The van der Waals surface area contributed by atoms with E-state index >= 15 is 0 Å². The van der Waals surface area contributed by atoms with Crippen molar-refractivity contribution in [2.45, 2.75) is 116 Å². The van der Waals surface area contributed by atoms with Gasteiger partial charge in [0, 0.05) is 22.2 Å². The molecule has 0 aromatic heterocycles. The molecule has 196 valence electrons. The van der Waals surface area contributed by atoms with Gasteiger partial charge in [-0.05, 0) is 120 Å². The van der Waals surface area contributed by atoms with Gasteiger partial charge in [-0.25, -0.2) is 0 Å². The van der Waals surface area contributed by atoms with Crippen molar-refractivity contribution in [2.24, 2.45) is 23.7 Å². The highest BCUT2D eigenvalue weighted by molar-refractivity contribution is 5.75. The fraction of sp³-hybridized carbons (Fsp3) is 0.929. The fourth-order valence-corrected chi connectivity index (χ4v) is 6.71.